The summed E-state index contributed by atoms with van der Waals surface area (Å²) in [5, 5.41) is 0. The minimum atomic E-state index is -0.718. The Labute approximate surface area is 88.4 Å². The Morgan fingerprint density at radius 3 is 2.29 bits per heavy atom. The molecule has 0 fully saturated rings. The van der Waals surface area contributed by atoms with Crippen LogP contribution in [0.3, 0.4) is 0 Å². The highest BCUT2D eigenvalue weighted by molar-refractivity contribution is 7.76. The molecule has 14 heavy (non-hydrogen) atoms. The van der Waals surface area contributed by atoms with Crippen LogP contribution < -0.4 is 0 Å². The van der Waals surface area contributed by atoms with Crippen molar-refractivity contribution in [1.29, 1.82) is 0 Å². The van der Waals surface area contributed by atoms with Gasteiger partial charge in [0.25, 0.3) is 0 Å². The lowest BCUT2D eigenvalue weighted by atomic mass is 10.1. The SMILES string of the molecule is C[P+](C)(C)/C=C/CCc1ccccc1. The molecule has 1 rings (SSSR count). The fourth-order valence-electron chi connectivity index (χ4n) is 1.29. The summed E-state index contributed by atoms with van der Waals surface area (Å²) in [6, 6.07) is 10.7. The zero-order chi connectivity index (χ0) is 10.4. The Balaban J connectivity index is 2.33. The first-order valence-electron chi connectivity index (χ1n) is 5.11. The summed E-state index contributed by atoms with van der Waals surface area (Å²) in [4.78, 5) is 0. The van der Waals surface area contributed by atoms with E-state index in [0.717, 1.165) is 6.42 Å². The summed E-state index contributed by atoms with van der Waals surface area (Å²) in [6.07, 6.45) is 4.67. The van der Waals surface area contributed by atoms with Crippen molar-refractivity contribution in [3.05, 3.63) is 47.8 Å². The van der Waals surface area contributed by atoms with Gasteiger partial charge in [-0.05, 0) is 24.5 Å². The third kappa shape index (κ3) is 5.19. The highest BCUT2D eigenvalue weighted by atomic mass is 31.2. The van der Waals surface area contributed by atoms with E-state index in [9.17, 15) is 0 Å². The van der Waals surface area contributed by atoms with Crippen LogP contribution in [-0.4, -0.2) is 20.0 Å². The molecule has 0 radical (unpaired) electrons. The topological polar surface area (TPSA) is 0 Å². The fourth-order valence-corrected chi connectivity index (χ4v) is 2.07. The second kappa shape index (κ2) is 5.32. The Hall–Kier alpha value is -0.610. The van der Waals surface area contributed by atoms with Crippen molar-refractivity contribution in [3.63, 3.8) is 0 Å². The maximum atomic E-state index is 2.40. The normalized spacial score (nSPS) is 12.2. The molecular weight excluding hydrogens is 187 g/mol. The lowest BCUT2D eigenvalue weighted by Gasteiger charge is -2.03. The maximum absolute atomic E-state index is 2.40. The van der Waals surface area contributed by atoms with Gasteiger partial charge in [-0.3, -0.25) is 0 Å². The molecule has 76 valence electrons. The number of aryl methyl sites for hydroxylation is 1. The van der Waals surface area contributed by atoms with E-state index in [4.69, 9.17) is 0 Å². The Kier molecular flexibility index (Phi) is 4.35. The van der Waals surface area contributed by atoms with E-state index in [1.54, 1.807) is 0 Å². The van der Waals surface area contributed by atoms with E-state index >= 15 is 0 Å². The smallest absolute Gasteiger partial charge is 0.0539 e. The summed E-state index contributed by atoms with van der Waals surface area (Å²) < 4.78 is 0. The van der Waals surface area contributed by atoms with E-state index < -0.39 is 7.26 Å². The van der Waals surface area contributed by atoms with Gasteiger partial charge in [0.05, 0.1) is 25.8 Å². The van der Waals surface area contributed by atoms with Gasteiger partial charge < -0.3 is 0 Å². The number of hydrogen-bond donors (Lipinski definition) is 0. The first-order chi connectivity index (χ1) is 6.58. The number of allylic oxidation sites excluding steroid dienone is 1. The summed E-state index contributed by atoms with van der Waals surface area (Å²) >= 11 is 0. The van der Waals surface area contributed by atoms with Crippen molar-refractivity contribution >= 4 is 7.26 Å². The predicted molar refractivity (Wildman–Crippen MR) is 68.6 cm³/mol. The number of benzene rings is 1. The highest BCUT2D eigenvalue weighted by Crippen LogP contribution is 2.48. The average molecular weight is 207 g/mol. The predicted octanol–water partition coefficient (Wildman–Crippen LogP) is 4.04. The second-order valence-corrected chi connectivity index (χ2v) is 9.06. The molecule has 0 saturated carbocycles. The first kappa shape index (κ1) is 11.5. The maximum Gasteiger partial charge on any atom is 0.0539 e. The summed E-state index contributed by atoms with van der Waals surface area (Å²) in [5.74, 6) is 2.40. The minimum absolute atomic E-state index is 0.718. The van der Waals surface area contributed by atoms with Gasteiger partial charge >= 0.3 is 0 Å². The highest BCUT2D eigenvalue weighted by Gasteiger charge is 2.10. The number of rotatable bonds is 4. The van der Waals surface area contributed by atoms with Crippen LogP contribution in [0.2, 0.25) is 0 Å². The first-order valence-corrected chi connectivity index (χ1v) is 8.31. The third-order valence-electron chi connectivity index (χ3n) is 2.00. The van der Waals surface area contributed by atoms with E-state index in [2.05, 4.69) is 62.2 Å². The molecule has 1 aromatic rings. The lowest BCUT2D eigenvalue weighted by Crippen LogP contribution is -1.82. The van der Waals surface area contributed by atoms with Crippen LogP contribution in [-0.2, 0) is 6.42 Å². The van der Waals surface area contributed by atoms with Crippen LogP contribution in [0.5, 0.6) is 0 Å². The minimum Gasteiger partial charge on any atom is -0.0622 e. The van der Waals surface area contributed by atoms with E-state index in [0.29, 0.717) is 0 Å². The van der Waals surface area contributed by atoms with Gasteiger partial charge in [-0.1, -0.05) is 30.3 Å². The van der Waals surface area contributed by atoms with Gasteiger partial charge in [0, 0.05) is 7.26 Å². The Morgan fingerprint density at radius 2 is 1.71 bits per heavy atom. The van der Waals surface area contributed by atoms with Crippen LogP contribution in [0, 0.1) is 0 Å². The van der Waals surface area contributed by atoms with Crippen LogP contribution in [0.15, 0.2) is 42.2 Å². The van der Waals surface area contributed by atoms with E-state index in [1.807, 2.05) is 0 Å². The van der Waals surface area contributed by atoms with E-state index in [1.165, 1.54) is 12.0 Å². The van der Waals surface area contributed by atoms with Crippen LogP contribution in [0.1, 0.15) is 12.0 Å². The quantitative estimate of drug-likeness (QED) is 0.654. The molecule has 0 atom stereocenters. The van der Waals surface area contributed by atoms with Crippen molar-refractivity contribution in [3.8, 4) is 0 Å². The molecule has 0 N–H and O–H groups in total. The molecule has 0 aliphatic carbocycles. The van der Waals surface area contributed by atoms with Gasteiger partial charge in [0.15, 0.2) is 0 Å². The molecule has 1 heteroatoms. The Bertz CT molecular complexity index is 280. The lowest BCUT2D eigenvalue weighted by molar-refractivity contribution is 1.00. The molecule has 0 unspecified atom stereocenters. The molecule has 0 spiro atoms. The molecule has 0 aliphatic rings. The van der Waals surface area contributed by atoms with Gasteiger partial charge in [0.1, 0.15) is 0 Å². The van der Waals surface area contributed by atoms with Crippen LogP contribution in [0.4, 0.5) is 0 Å². The fraction of sp³-hybridized carbons (Fsp3) is 0.385. The molecule has 0 heterocycles. The zero-order valence-corrected chi connectivity index (χ0v) is 10.3. The van der Waals surface area contributed by atoms with Crippen molar-refractivity contribution in [2.75, 3.05) is 20.0 Å². The molecule has 0 saturated heterocycles. The van der Waals surface area contributed by atoms with Crippen LogP contribution >= 0.6 is 7.26 Å². The standard InChI is InChI=1S/C13H20P/c1-14(2,3)12-8-7-11-13-9-5-4-6-10-13/h4-6,8-10,12H,7,11H2,1-3H3/q+1/b12-8+. The third-order valence-corrected chi connectivity index (χ3v) is 3.10. The second-order valence-electron chi connectivity index (χ2n) is 4.53. The van der Waals surface area contributed by atoms with Gasteiger partial charge in [-0.25, -0.2) is 0 Å². The Morgan fingerprint density at radius 1 is 1.07 bits per heavy atom. The summed E-state index contributed by atoms with van der Waals surface area (Å²) in [5.41, 5.74) is 1.43. The van der Waals surface area contributed by atoms with E-state index in [-0.39, 0.29) is 0 Å². The molecule has 0 amide bonds. The molecule has 0 nitrogen and oxygen atoms in total. The average Bonchev–Trinajstić information content (AvgIpc) is 2.13. The molecule has 1 aromatic carbocycles. The number of hydrogen-bond acceptors (Lipinski definition) is 0. The monoisotopic (exact) mass is 207 g/mol. The molecule has 0 aliphatic heterocycles. The van der Waals surface area contributed by atoms with Gasteiger partial charge in [-0.15, -0.1) is 0 Å². The molecule has 0 aromatic heterocycles. The summed E-state index contributed by atoms with van der Waals surface area (Å²) in [6.45, 7) is 7.02. The van der Waals surface area contributed by atoms with Gasteiger partial charge in [-0.2, -0.15) is 0 Å². The van der Waals surface area contributed by atoms with Gasteiger partial charge in [0.2, 0.25) is 0 Å². The van der Waals surface area contributed by atoms with Crippen molar-refractivity contribution in [2.24, 2.45) is 0 Å². The zero-order valence-electron chi connectivity index (χ0n) is 9.40. The largest absolute Gasteiger partial charge is 0.0622 e. The van der Waals surface area contributed by atoms with Crippen molar-refractivity contribution in [2.45, 2.75) is 12.8 Å². The van der Waals surface area contributed by atoms with Crippen LogP contribution in [0.25, 0.3) is 0 Å². The molecule has 0 bridgehead atoms. The molecular formula is C13H20P+. The van der Waals surface area contributed by atoms with Crippen molar-refractivity contribution < 1.29 is 0 Å². The summed E-state index contributed by atoms with van der Waals surface area (Å²) in [7, 11) is -0.718. The van der Waals surface area contributed by atoms with Crippen molar-refractivity contribution in [1.82, 2.24) is 0 Å².